The molecule has 1 aliphatic heterocycles. The molecule has 2 amide bonds. The third-order valence-electron chi connectivity index (χ3n) is 4.06. The molecule has 2 aromatic heterocycles. The number of ether oxygens (including phenoxy) is 2. The van der Waals surface area contributed by atoms with Crippen molar-refractivity contribution in [3.63, 3.8) is 0 Å². The van der Waals surface area contributed by atoms with Gasteiger partial charge < -0.3 is 34.0 Å². The molecule has 0 saturated carbocycles. The number of aliphatic hydroxyl groups is 1. The second-order valence-electron chi connectivity index (χ2n) is 5.73. The molecule has 3 heterocycles. The summed E-state index contributed by atoms with van der Waals surface area (Å²) < 4.78 is 20.9. The number of carbonyl (C=O) groups is 1. The summed E-state index contributed by atoms with van der Waals surface area (Å²) in [6.45, 7) is 0.0439. The summed E-state index contributed by atoms with van der Waals surface area (Å²) in [6.07, 6.45) is 4.29. The molecule has 0 bridgehead atoms. The van der Waals surface area contributed by atoms with E-state index >= 15 is 0 Å². The molecule has 3 aromatic rings. The van der Waals surface area contributed by atoms with Crippen LogP contribution in [0, 0.1) is 0 Å². The highest BCUT2D eigenvalue weighted by Crippen LogP contribution is 2.34. The Labute approximate surface area is 148 Å². The van der Waals surface area contributed by atoms with E-state index in [1.54, 1.807) is 36.4 Å². The lowest BCUT2D eigenvalue weighted by molar-refractivity contribution is 0.0587. The van der Waals surface area contributed by atoms with E-state index in [9.17, 15) is 9.90 Å². The molecule has 8 heteroatoms. The minimum absolute atomic E-state index is 0.115. The highest BCUT2D eigenvalue weighted by Gasteiger charge is 2.36. The number of rotatable bonds is 5. The maximum Gasteiger partial charge on any atom is 0.319 e. The molecule has 1 aliphatic rings. The Morgan fingerprint density at radius 2 is 2.04 bits per heavy atom. The normalized spacial score (nSPS) is 14.7. The van der Waals surface area contributed by atoms with Crippen LogP contribution in [-0.2, 0) is 5.60 Å². The number of furan rings is 2. The van der Waals surface area contributed by atoms with Crippen molar-refractivity contribution in [3.8, 4) is 11.5 Å². The van der Waals surface area contributed by atoms with Crippen LogP contribution >= 0.6 is 0 Å². The summed E-state index contributed by atoms with van der Waals surface area (Å²) in [5, 5.41) is 16.4. The van der Waals surface area contributed by atoms with Crippen molar-refractivity contribution < 1.29 is 28.2 Å². The summed E-state index contributed by atoms with van der Waals surface area (Å²) in [7, 11) is 0. The molecular formula is C18H16N2O6. The zero-order valence-electron chi connectivity index (χ0n) is 13.6. The lowest BCUT2D eigenvalue weighted by Crippen LogP contribution is -2.42. The zero-order chi connectivity index (χ0) is 18.0. The minimum atomic E-state index is -1.55. The van der Waals surface area contributed by atoms with Gasteiger partial charge in [0.05, 0.1) is 25.3 Å². The van der Waals surface area contributed by atoms with Gasteiger partial charge in [-0.2, -0.15) is 0 Å². The minimum Gasteiger partial charge on any atom is -0.472 e. The van der Waals surface area contributed by atoms with Gasteiger partial charge in [0.25, 0.3) is 0 Å². The Kier molecular flexibility index (Phi) is 4.02. The molecule has 26 heavy (non-hydrogen) atoms. The number of nitrogens with one attached hydrogen (secondary N) is 2. The molecule has 3 N–H and O–H groups in total. The van der Waals surface area contributed by atoms with Gasteiger partial charge in [0.2, 0.25) is 6.79 Å². The van der Waals surface area contributed by atoms with Gasteiger partial charge in [0.1, 0.15) is 5.76 Å². The van der Waals surface area contributed by atoms with Crippen molar-refractivity contribution in [2.45, 2.75) is 5.60 Å². The average Bonchev–Trinajstić information content (AvgIpc) is 3.41. The van der Waals surface area contributed by atoms with Gasteiger partial charge in [0.15, 0.2) is 17.1 Å². The summed E-state index contributed by atoms with van der Waals surface area (Å²) in [6, 6.07) is 9.48. The first-order valence-corrected chi connectivity index (χ1v) is 7.89. The third kappa shape index (κ3) is 2.98. The largest absolute Gasteiger partial charge is 0.472 e. The van der Waals surface area contributed by atoms with E-state index in [0.29, 0.717) is 28.5 Å². The quantitative estimate of drug-likeness (QED) is 0.649. The van der Waals surface area contributed by atoms with Gasteiger partial charge in [-0.3, -0.25) is 0 Å². The molecule has 8 nitrogen and oxygen atoms in total. The van der Waals surface area contributed by atoms with Crippen LogP contribution in [0.4, 0.5) is 10.5 Å². The monoisotopic (exact) mass is 356 g/mol. The maximum absolute atomic E-state index is 12.2. The van der Waals surface area contributed by atoms with Gasteiger partial charge >= 0.3 is 6.03 Å². The molecule has 0 radical (unpaired) electrons. The molecule has 0 spiro atoms. The lowest BCUT2D eigenvalue weighted by atomic mass is 9.93. The van der Waals surface area contributed by atoms with Crippen molar-refractivity contribution in [2.75, 3.05) is 18.7 Å². The predicted octanol–water partition coefficient (Wildman–Crippen LogP) is 2.66. The van der Waals surface area contributed by atoms with Crippen LogP contribution in [0.15, 0.2) is 64.0 Å². The standard InChI is InChI=1S/C18H16N2O6/c21-17(20-13-3-4-14-15(8-13)26-11-25-14)19-10-18(22,12-5-7-23-9-12)16-2-1-6-24-16/h1-9,22H,10-11H2,(H2,19,20,21). The Morgan fingerprint density at radius 3 is 2.81 bits per heavy atom. The highest BCUT2D eigenvalue weighted by atomic mass is 16.7. The van der Waals surface area contributed by atoms with Gasteiger partial charge in [-0.25, -0.2) is 4.79 Å². The van der Waals surface area contributed by atoms with Crippen LogP contribution in [0.25, 0.3) is 0 Å². The van der Waals surface area contributed by atoms with Gasteiger partial charge in [-0.15, -0.1) is 0 Å². The van der Waals surface area contributed by atoms with Crippen LogP contribution < -0.4 is 20.1 Å². The third-order valence-corrected chi connectivity index (χ3v) is 4.06. The van der Waals surface area contributed by atoms with Crippen molar-refractivity contribution in [1.82, 2.24) is 5.32 Å². The van der Waals surface area contributed by atoms with Crippen LogP contribution in [0.1, 0.15) is 11.3 Å². The molecule has 0 aliphatic carbocycles. The number of hydrogen-bond donors (Lipinski definition) is 3. The molecular weight excluding hydrogens is 340 g/mol. The Hall–Kier alpha value is -3.39. The second kappa shape index (κ2) is 6.49. The molecule has 1 atom stereocenters. The number of urea groups is 1. The number of fused-ring (bicyclic) bond motifs is 1. The molecule has 0 fully saturated rings. The number of amides is 2. The topological polar surface area (TPSA) is 106 Å². The summed E-state index contributed by atoms with van der Waals surface area (Å²) in [5.41, 5.74) is -0.546. The summed E-state index contributed by atoms with van der Waals surface area (Å²) in [4.78, 5) is 12.2. The number of anilines is 1. The molecule has 134 valence electrons. The number of carbonyl (C=O) groups excluding carboxylic acids is 1. The molecule has 0 saturated heterocycles. The fourth-order valence-electron chi connectivity index (χ4n) is 2.70. The summed E-state index contributed by atoms with van der Waals surface area (Å²) >= 11 is 0. The summed E-state index contributed by atoms with van der Waals surface area (Å²) in [5.74, 6) is 1.48. The second-order valence-corrected chi connectivity index (χ2v) is 5.73. The van der Waals surface area contributed by atoms with Gasteiger partial charge in [0, 0.05) is 17.3 Å². The van der Waals surface area contributed by atoms with Crippen molar-refractivity contribution in [3.05, 3.63) is 66.5 Å². The van der Waals surface area contributed by atoms with Crippen LogP contribution in [-0.4, -0.2) is 24.5 Å². The van der Waals surface area contributed by atoms with Gasteiger partial charge in [-0.05, 0) is 30.3 Å². The Morgan fingerprint density at radius 1 is 1.15 bits per heavy atom. The van der Waals surface area contributed by atoms with E-state index in [4.69, 9.17) is 18.3 Å². The Balaban J connectivity index is 1.45. The van der Waals surface area contributed by atoms with Crippen LogP contribution in [0.3, 0.4) is 0 Å². The highest BCUT2D eigenvalue weighted by molar-refractivity contribution is 5.89. The van der Waals surface area contributed by atoms with Crippen LogP contribution in [0.2, 0.25) is 0 Å². The van der Waals surface area contributed by atoms with Crippen molar-refractivity contribution >= 4 is 11.7 Å². The predicted molar refractivity (Wildman–Crippen MR) is 90.0 cm³/mol. The van der Waals surface area contributed by atoms with E-state index in [2.05, 4.69) is 10.6 Å². The van der Waals surface area contributed by atoms with Crippen molar-refractivity contribution in [1.29, 1.82) is 0 Å². The van der Waals surface area contributed by atoms with E-state index in [1.807, 2.05) is 0 Å². The SMILES string of the molecule is O=C(NCC(O)(c1ccoc1)c1ccco1)Nc1ccc2c(c1)OCO2. The fraction of sp³-hybridized carbons (Fsp3) is 0.167. The Bertz CT molecular complexity index is 854. The van der Waals surface area contributed by atoms with E-state index < -0.39 is 11.6 Å². The van der Waals surface area contributed by atoms with Crippen molar-refractivity contribution in [2.24, 2.45) is 0 Å². The zero-order valence-corrected chi connectivity index (χ0v) is 13.6. The molecule has 1 unspecified atom stereocenters. The first-order chi connectivity index (χ1) is 12.6. The fourth-order valence-corrected chi connectivity index (χ4v) is 2.70. The first kappa shape index (κ1) is 16.1. The molecule has 1 aromatic carbocycles. The van der Waals surface area contributed by atoms with E-state index in [0.717, 1.165) is 0 Å². The van der Waals surface area contributed by atoms with E-state index in [-0.39, 0.29) is 13.3 Å². The number of benzene rings is 1. The van der Waals surface area contributed by atoms with E-state index in [1.165, 1.54) is 18.8 Å². The molecule has 4 rings (SSSR count). The maximum atomic E-state index is 12.2. The lowest BCUT2D eigenvalue weighted by Gasteiger charge is -2.25. The average molecular weight is 356 g/mol. The van der Waals surface area contributed by atoms with Crippen LogP contribution in [0.5, 0.6) is 11.5 Å². The first-order valence-electron chi connectivity index (χ1n) is 7.89. The smallest absolute Gasteiger partial charge is 0.319 e. The number of hydrogen-bond acceptors (Lipinski definition) is 6. The van der Waals surface area contributed by atoms with Gasteiger partial charge in [-0.1, -0.05) is 0 Å².